The molecule has 0 spiro atoms. The van der Waals surface area contributed by atoms with E-state index in [1.807, 2.05) is 12.1 Å². The van der Waals surface area contributed by atoms with Gasteiger partial charge in [-0.15, -0.1) is 5.54 Å². The third-order valence-corrected chi connectivity index (χ3v) is 13.3. The summed E-state index contributed by atoms with van der Waals surface area (Å²) in [4.78, 5) is 0. The maximum Gasteiger partial charge on any atom is 0.146 e. The van der Waals surface area contributed by atoms with Crippen molar-refractivity contribution >= 4 is 19.0 Å². The molecule has 3 rings (SSSR count). The largest absolute Gasteiger partial charge is 0.497 e. The van der Waals surface area contributed by atoms with Gasteiger partial charge in [0, 0.05) is 24.1 Å². The molecule has 3 aromatic rings. The number of hydrogen-bond donors (Lipinski definition) is 0. The zero-order valence-corrected chi connectivity index (χ0v) is 21.4. The molecule has 1 heterocycles. The van der Waals surface area contributed by atoms with E-state index in [1.165, 1.54) is 22.0 Å². The van der Waals surface area contributed by atoms with Gasteiger partial charge in [-0.25, -0.2) is 0 Å². The van der Waals surface area contributed by atoms with E-state index < -0.39 is 8.07 Å². The van der Waals surface area contributed by atoms with Gasteiger partial charge in [0.05, 0.1) is 13.0 Å². The van der Waals surface area contributed by atoms with Crippen molar-refractivity contribution in [3.05, 3.63) is 65.9 Å². The van der Waals surface area contributed by atoms with Gasteiger partial charge in [0.25, 0.3) is 0 Å². The topological polar surface area (TPSA) is 14.2 Å². The minimum absolute atomic E-state index is 0.0418. The molecule has 164 valence electrons. The summed E-state index contributed by atoms with van der Waals surface area (Å²) in [6, 6.07) is 17.1. The highest BCUT2D eigenvalue weighted by molar-refractivity contribution is 6.90. The zero-order valence-electron chi connectivity index (χ0n) is 20.4. The molecule has 0 fully saturated rings. The van der Waals surface area contributed by atoms with Crippen LogP contribution in [0, 0.1) is 11.5 Å². The Kier molecular flexibility index (Phi) is 7.02. The van der Waals surface area contributed by atoms with Crippen molar-refractivity contribution in [1.29, 1.82) is 0 Å². The van der Waals surface area contributed by atoms with Gasteiger partial charge >= 0.3 is 0 Å². The summed E-state index contributed by atoms with van der Waals surface area (Å²) in [5.74, 6) is 4.76. The van der Waals surface area contributed by atoms with Crippen LogP contribution in [-0.4, -0.2) is 19.8 Å². The van der Waals surface area contributed by atoms with E-state index >= 15 is 0 Å². The highest BCUT2D eigenvalue weighted by Gasteiger charge is 2.41. The molecule has 1 atom stereocenters. The molecule has 0 amide bonds. The molecule has 0 saturated heterocycles. The number of aryl methyl sites for hydroxylation is 1. The number of benzene rings is 2. The van der Waals surface area contributed by atoms with Crippen molar-refractivity contribution < 1.29 is 4.74 Å². The maximum atomic E-state index is 5.40. The average Bonchev–Trinajstić information content (AvgIpc) is 3.07. The second-order valence-corrected chi connectivity index (χ2v) is 15.2. The van der Waals surface area contributed by atoms with E-state index in [0.29, 0.717) is 16.6 Å². The summed E-state index contributed by atoms with van der Waals surface area (Å²) in [5.41, 5.74) is 9.58. The molecule has 0 aliphatic rings. The number of hydrogen-bond acceptors (Lipinski definition) is 1. The van der Waals surface area contributed by atoms with E-state index in [2.05, 4.69) is 107 Å². The SMILES string of the molecule is COc1ccc(C(C#C[Si](C(C)C)(C(C)C)C(C)C)c2cn(C)c3ccccc23)cc1. The van der Waals surface area contributed by atoms with Gasteiger partial charge in [0.15, 0.2) is 0 Å². The molecule has 31 heavy (non-hydrogen) atoms. The molecule has 3 heteroatoms. The Morgan fingerprint density at radius 1 is 0.839 bits per heavy atom. The normalized spacial score (nSPS) is 13.0. The summed E-state index contributed by atoms with van der Waals surface area (Å²) < 4.78 is 7.63. The number of para-hydroxylation sites is 1. The number of fused-ring (bicyclic) bond motifs is 1. The van der Waals surface area contributed by atoms with Crippen LogP contribution >= 0.6 is 0 Å². The molecule has 1 aromatic heterocycles. The van der Waals surface area contributed by atoms with Crippen LogP contribution in [0.5, 0.6) is 5.75 Å². The second kappa shape index (κ2) is 9.36. The maximum absolute atomic E-state index is 5.40. The van der Waals surface area contributed by atoms with Gasteiger partial charge in [-0.2, -0.15) is 0 Å². The number of aromatic nitrogens is 1. The molecule has 2 nitrogen and oxygen atoms in total. The lowest BCUT2D eigenvalue weighted by atomic mass is 9.92. The second-order valence-electron chi connectivity index (χ2n) is 9.59. The van der Waals surface area contributed by atoms with Gasteiger partial charge in [-0.1, -0.05) is 77.8 Å². The molecule has 2 aromatic carbocycles. The average molecular weight is 432 g/mol. The van der Waals surface area contributed by atoms with Crippen LogP contribution in [-0.2, 0) is 7.05 Å². The molecular formula is C28H37NOSi. The van der Waals surface area contributed by atoms with Crippen molar-refractivity contribution in [2.45, 2.75) is 64.1 Å². The van der Waals surface area contributed by atoms with Crippen LogP contribution in [0.1, 0.15) is 58.6 Å². The van der Waals surface area contributed by atoms with Gasteiger partial charge in [0.2, 0.25) is 0 Å². The molecular weight excluding hydrogens is 394 g/mol. The lowest BCUT2D eigenvalue weighted by molar-refractivity contribution is 0.414. The van der Waals surface area contributed by atoms with E-state index in [4.69, 9.17) is 4.74 Å². The highest BCUT2D eigenvalue weighted by atomic mass is 28.3. The predicted molar refractivity (Wildman–Crippen MR) is 137 cm³/mol. The lowest BCUT2D eigenvalue weighted by Crippen LogP contribution is -2.43. The molecule has 0 N–H and O–H groups in total. The van der Waals surface area contributed by atoms with Crippen LogP contribution in [0.2, 0.25) is 16.6 Å². The number of ether oxygens (including phenoxy) is 1. The van der Waals surface area contributed by atoms with E-state index in [9.17, 15) is 0 Å². The van der Waals surface area contributed by atoms with Crippen LogP contribution in [0.15, 0.2) is 54.7 Å². The quantitative estimate of drug-likeness (QED) is 0.290. The number of methoxy groups -OCH3 is 1. The third kappa shape index (κ3) is 4.32. The molecule has 0 bridgehead atoms. The van der Waals surface area contributed by atoms with E-state index in [0.717, 1.165) is 5.75 Å². The lowest BCUT2D eigenvalue weighted by Gasteiger charge is -2.38. The Bertz CT molecular complexity index is 1060. The van der Waals surface area contributed by atoms with Crippen molar-refractivity contribution in [1.82, 2.24) is 4.57 Å². The van der Waals surface area contributed by atoms with Crippen LogP contribution in [0.4, 0.5) is 0 Å². The van der Waals surface area contributed by atoms with Crippen LogP contribution < -0.4 is 4.74 Å². The fourth-order valence-corrected chi connectivity index (χ4v) is 10.6. The minimum Gasteiger partial charge on any atom is -0.497 e. The van der Waals surface area contributed by atoms with Gasteiger partial charge in [-0.3, -0.25) is 0 Å². The Morgan fingerprint density at radius 3 is 1.97 bits per heavy atom. The minimum atomic E-state index is -1.83. The Labute approximate surface area is 189 Å². The van der Waals surface area contributed by atoms with Crippen molar-refractivity contribution in [2.75, 3.05) is 7.11 Å². The molecule has 1 unspecified atom stereocenters. The summed E-state index contributed by atoms with van der Waals surface area (Å²) in [6.07, 6.45) is 2.26. The smallest absolute Gasteiger partial charge is 0.146 e. The molecule has 0 aliphatic carbocycles. The first-order valence-electron chi connectivity index (χ1n) is 11.4. The summed E-state index contributed by atoms with van der Waals surface area (Å²) in [7, 11) is 2.01. The first-order chi connectivity index (χ1) is 14.7. The first kappa shape index (κ1) is 23.2. The Balaban J connectivity index is 2.23. The third-order valence-electron chi connectivity index (χ3n) is 6.99. The fourth-order valence-electron chi connectivity index (χ4n) is 5.37. The first-order valence-corrected chi connectivity index (χ1v) is 13.7. The predicted octanol–water partition coefficient (Wildman–Crippen LogP) is 7.54. The van der Waals surface area contributed by atoms with Crippen molar-refractivity contribution in [2.24, 2.45) is 7.05 Å². The summed E-state index contributed by atoms with van der Waals surface area (Å²) >= 11 is 0. The zero-order chi connectivity index (χ0) is 22.8. The van der Waals surface area contributed by atoms with E-state index in [1.54, 1.807) is 7.11 Å². The summed E-state index contributed by atoms with van der Waals surface area (Å²) in [6.45, 7) is 14.3. The van der Waals surface area contributed by atoms with Gasteiger partial charge in [-0.05, 0) is 45.9 Å². The molecule has 0 aliphatic heterocycles. The summed E-state index contributed by atoms with van der Waals surface area (Å²) in [5, 5.41) is 1.28. The number of rotatable bonds is 6. The van der Waals surface area contributed by atoms with Gasteiger partial charge < -0.3 is 9.30 Å². The molecule has 0 radical (unpaired) electrons. The number of nitrogens with zero attached hydrogens (tertiary/aromatic N) is 1. The van der Waals surface area contributed by atoms with E-state index in [-0.39, 0.29) is 5.92 Å². The fraction of sp³-hybridized carbons (Fsp3) is 0.429. The van der Waals surface area contributed by atoms with Crippen molar-refractivity contribution in [3.63, 3.8) is 0 Å². The Hall–Kier alpha value is -2.44. The standard InChI is InChI=1S/C28H37NOSi/c1-20(2)31(21(3)4,22(5)6)18-17-25(23-13-15-24(30-8)16-14-23)27-19-29(7)28-12-10-9-11-26(27)28/h9-16,19-22,25H,1-8H3. The molecule has 0 saturated carbocycles. The van der Waals surface area contributed by atoms with Crippen molar-refractivity contribution in [3.8, 4) is 17.2 Å². The highest BCUT2D eigenvalue weighted by Crippen LogP contribution is 2.41. The monoisotopic (exact) mass is 431 g/mol. The van der Waals surface area contributed by atoms with Gasteiger partial charge in [0.1, 0.15) is 13.8 Å². The van der Waals surface area contributed by atoms with Crippen LogP contribution in [0.25, 0.3) is 10.9 Å². The Morgan fingerprint density at radius 2 is 1.42 bits per heavy atom. The van der Waals surface area contributed by atoms with Crippen LogP contribution in [0.3, 0.4) is 0 Å².